The van der Waals surface area contributed by atoms with Gasteiger partial charge in [0, 0.05) is 25.2 Å². The summed E-state index contributed by atoms with van der Waals surface area (Å²) in [6.45, 7) is 4.98. The van der Waals surface area contributed by atoms with Gasteiger partial charge in [0.05, 0.1) is 11.3 Å². The number of nitrogens with zero attached hydrogens (tertiary/aromatic N) is 3. The summed E-state index contributed by atoms with van der Waals surface area (Å²) in [7, 11) is 0. The van der Waals surface area contributed by atoms with E-state index in [1.165, 1.54) is 5.56 Å². The van der Waals surface area contributed by atoms with Gasteiger partial charge >= 0.3 is 0 Å². The van der Waals surface area contributed by atoms with Gasteiger partial charge in [0.2, 0.25) is 0 Å². The Labute approximate surface area is 142 Å². The van der Waals surface area contributed by atoms with Gasteiger partial charge < -0.3 is 10.6 Å². The first-order valence-corrected chi connectivity index (χ1v) is 8.53. The van der Waals surface area contributed by atoms with Crippen LogP contribution in [0.2, 0.25) is 0 Å². The molecule has 126 valence electrons. The van der Waals surface area contributed by atoms with E-state index in [2.05, 4.69) is 45.2 Å². The molecule has 0 unspecified atom stereocenters. The first-order chi connectivity index (χ1) is 11.6. The number of nitrogens with two attached hydrogens (primary N) is 1. The van der Waals surface area contributed by atoms with Crippen LogP contribution in [0.1, 0.15) is 46.2 Å². The zero-order valence-electron chi connectivity index (χ0n) is 14.1. The number of likely N-dealkylation sites (tertiary alicyclic amines) is 1. The zero-order valence-corrected chi connectivity index (χ0v) is 14.1. The summed E-state index contributed by atoms with van der Waals surface area (Å²) in [4.78, 5) is 22.7. The standard InChI is InChI=1S/C19H24N4O/c1-14-17(18(20)24)12-21-19(22-14)16-8-5-10-23(13-16)11-9-15-6-3-2-4-7-15/h2-4,6-7,12,16H,5,8-11,13H2,1H3,(H2,20,24)/t16-/m1/s1. The molecular weight excluding hydrogens is 300 g/mol. The molecule has 2 heterocycles. The van der Waals surface area contributed by atoms with E-state index in [4.69, 9.17) is 5.73 Å². The number of amides is 1. The first kappa shape index (κ1) is 16.6. The molecular formula is C19H24N4O. The predicted octanol–water partition coefficient (Wildman–Crippen LogP) is 2.31. The molecule has 3 rings (SSSR count). The topological polar surface area (TPSA) is 72.1 Å². The summed E-state index contributed by atoms with van der Waals surface area (Å²) < 4.78 is 0. The fraction of sp³-hybridized carbons (Fsp3) is 0.421. The van der Waals surface area contributed by atoms with Gasteiger partial charge in [0.1, 0.15) is 5.82 Å². The number of hydrogen-bond donors (Lipinski definition) is 1. The minimum absolute atomic E-state index is 0.329. The Morgan fingerprint density at radius 1 is 1.33 bits per heavy atom. The van der Waals surface area contributed by atoms with Gasteiger partial charge in [-0.3, -0.25) is 4.79 Å². The number of aromatic nitrogens is 2. The van der Waals surface area contributed by atoms with E-state index in [-0.39, 0.29) is 0 Å². The second-order valence-corrected chi connectivity index (χ2v) is 6.47. The average Bonchev–Trinajstić information content (AvgIpc) is 2.61. The third kappa shape index (κ3) is 3.97. The fourth-order valence-corrected chi connectivity index (χ4v) is 3.32. The van der Waals surface area contributed by atoms with E-state index >= 15 is 0 Å². The van der Waals surface area contributed by atoms with Crippen LogP contribution < -0.4 is 5.73 Å². The van der Waals surface area contributed by atoms with Crippen LogP contribution in [0.3, 0.4) is 0 Å². The second kappa shape index (κ2) is 7.53. The van der Waals surface area contributed by atoms with Gasteiger partial charge in [-0.25, -0.2) is 9.97 Å². The Hall–Kier alpha value is -2.27. The molecule has 5 heteroatoms. The predicted molar refractivity (Wildman–Crippen MR) is 93.8 cm³/mol. The monoisotopic (exact) mass is 324 g/mol. The lowest BCUT2D eigenvalue weighted by Gasteiger charge is -2.32. The van der Waals surface area contributed by atoms with Crippen molar-refractivity contribution in [3.8, 4) is 0 Å². The molecule has 5 nitrogen and oxygen atoms in total. The number of carbonyl (C=O) groups excluding carboxylic acids is 1. The lowest BCUT2D eigenvalue weighted by atomic mass is 9.96. The maximum atomic E-state index is 11.3. The highest BCUT2D eigenvalue weighted by Crippen LogP contribution is 2.25. The molecule has 2 N–H and O–H groups in total. The van der Waals surface area contributed by atoms with E-state index in [1.807, 2.05) is 6.92 Å². The average molecular weight is 324 g/mol. The number of carbonyl (C=O) groups is 1. The largest absolute Gasteiger partial charge is 0.365 e. The highest BCUT2D eigenvalue weighted by atomic mass is 16.1. The lowest BCUT2D eigenvalue weighted by molar-refractivity contribution is 0.0998. The van der Waals surface area contributed by atoms with Crippen LogP contribution >= 0.6 is 0 Å². The lowest BCUT2D eigenvalue weighted by Crippen LogP contribution is -2.36. The van der Waals surface area contributed by atoms with Crippen molar-refractivity contribution >= 4 is 5.91 Å². The van der Waals surface area contributed by atoms with Crippen LogP contribution in [0.15, 0.2) is 36.5 Å². The molecule has 0 bridgehead atoms. The van der Waals surface area contributed by atoms with Crippen molar-refractivity contribution in [3.05, 3.63) is 59.2 Å². The Bertz CT molecular complexity index is 702. The van der Waals surface area contributed by atoms with Gasteiger partial charge in [-0.15, -0.1) is 0 Å². The smallest absolute Gasteiger partial charge is 0.252 e. The van der Waals surface area contributed by atoms with Crippen LogP contribution in [-0.2, 0) is 6.42 Å². The zero-order chi connectivity index (χ0) is 16.9. The number of piperidine rings is 1. The Kier molecular flexibility index (Phi) is 5.20. The van der Waals surface area contributed by atoms with Crippen molar-refractivity contribution < 1.29 is 4.79 Å². The van der Waals surface area contributed by atoms with Crippen molar-refractivity contribution in [2.45, 2.75) is 32.1 Å². The number of primary amides is 1. The number of benzene rings is 1. The van der Waals surface area contributed by atoms with Gasteiger partial charge in [-0.2, -0.15) is 0 Å². The molecule has 1 atom stereocenters. The summed E-state index contributed by atoms with van der Waals surface area (Å²) in [5.41, 5.74) is 7.79. The Morgan fingerprint density at radius 2 is 2.12 bits per heavy atom. The SMILES string of the molecule is Cc1nc([C@@H]2CCCN(CCc3ccccc3)C2)ncc1C(N)=O. The maximum Gasteiger partial charge on any atom is 0.252 e. The van der Waals surface area contributed by atoms with Crippen LogP contribution in [0.4, 0.5) is 0 Å². The minimum Gasteiger partial charge on any atom is -0.365 e. The Balaban J connectivity index is 1.63. The van der Waals surface area contributed by atoms with E-state index in [1.54, 1.807) is 6.20 Å². The van der Waals surface area contributed by atoms with Crippen molar-refractivity contribution in [2.75, 3.05) is 19.6 Å². The van der Waals surface area contributed by atoms with Gasteiger partial charge in [-0.1, -0.05) is 30.3 Å². The van der Waals surface area contributed by atoms with E-state index in [0.29, 0.717) is 17.2 Å². The van der Waals surface area contributed by atoms with Crippen LogP contribution in [0.25, 0.3) is 0 Å². The van der Waals surface area contributed by atoms with Crippen LogP contribution in [0.5, 0.6) is 0 Å². The number of aryl methyl sites for hydroxylation is 1. The molecule has 0 saturated carbocycles. The summed E-state index contributed by atoms with van der Waals surface area (Å²) >= 11 is 0. The normalized spacial score (nSPS) is 18.5. The molecule has 1 fully saturated rings. The van der Waals surface area contributed by atoms with Crippen molar-refractivity contribution in [2.24, 2.45) is 5.73 Å². The molecule has 1 amide bonds. The molecule has 1 aliphatic rings. The minimum atomic E-state index is -0.466. The van der Waals surface area contributed by atoms with E-state index in [9.17, 15) is 4.79 Å². The molecule has 2 aromatic rings. The van der Waals surface area contributed by atoms with E-state index in [0.717, 1.165) is 44.7 Å². The molecule has 0 aliphatic carbocycles. The van der Waals surface area contributed by atoms with E-state index < -0.39 is 5.91 Å². The molecule has 1 aromatic heterocycles. The van der Waals surface area contributed by atoms with Gasteiger partial charge in [0.15, 0.2) is 0 Å². The fourth-order valence-electron chi connectivity index (χ4n) is 3.32. The highest BCUT2D eigenvalue weighted by Gasteiger charge is 2.24. The van der Waals surface area contributed by atoms with Gasteiger partial charge in [0.25, 0.3) is 5.91 Å². The molecule has 1 aromatic carbocycles. The quantitative estimate of drug-likeness (QED) is 0.916. The van der Waals surface area contributed by atoms with Crippen molar-refractivity contribution in [1.82, 2.24) is 14.9 Å². The summed E-state index contributed by atoms with van der Waals surface area (Å²) in [5.74, 6) is 0.698. The highest BCUT2D eigenvalue weighted by molar-refractivity contribution is 5.93. The van der Waals surface area contributed by atoms with Crippen molar-refractivity contribution in [1.29, 1.82) is 0 Å². The summed E-state index contributed by atoms with van der Waals surface area (Å²) in [5, 5.41) is 0. The Morgan fingerprint density at radius 3 is 2.83 bits per heavy atom. The molecule has 1 saturated heterocycles. The molecule has 0 radical (unpaired) electrons. The summed E-state index contributed by atoms with van der Waals surface area (Å²) in [6, 6.07) is 10.6. The number of rotatable bonds is 5. The second-order valence-electron chi connectivity index (χ2n) is 6.47. The van der Waals surface area contributed by atoms with Crippen LogP contribution in [-0.4, -0.2) is 40.4 Å². The van der Waals surface area contributed by atoms with Crippen molar-refractivity contribution in [3.63, 3.8) is 0 Å². The summed E-state index contributed by atoms with van der Waals surface area (Å²) in [6.07, 6.45) is 4.88. The van der Waals surface area contributed by atoms with Gasteiger partial charge in [-0.05, 0) is 38.3 Å². The van der Waals surface area contributed by atoms with Crippen LogP contribution in [0, 0.1) is 6.92 Å². The molecule has 0 spiro atoms. The third-order valence-corrected chi connectivity index (χ3v) is 4.69. The molecule has 24 heavy (non-hydrogen) atoms. The number of hydrogen-bond acceptors (Lipinski definition) is 4. The third-order valence-electron chi connectivity index (χ3n) is 4.69. The first-order valence-electron chi connectivity index (χ1n) is 8.53. The molecule has 1 aliphatic heterocycles. The maximum absolute atomic E-state index is 11.3.